The quantitative estimate of drug-likeness (QED) is 0.349. The van der Waals surface area contributed by atoms with Crippen LogP contribution < -0.4 is 10.5 Å². The van der Waals surface area contributed by atoms with Gasteiger partial charge < -0.3 is 10.5 Å². The van der Waals surface area contributed by atoms with E-state index in [4.69, 9.17) is 22.1 Å². The molecule has 0 saturated heterocycles. The van der Waals surface area contributed by atoms with E-state index in [9.17, 15) is 0 Å². The summed E-state index contributed by atoms with van der Waals surface area (Å²) in [5.74, 6) is 1.30. The Morgan fingerprint density at radius 2 is 2.00 bits per heavy atom. The Labute approximate surface area is 172 Å². The number of aliphatic imine (C=N–C) groups is 1. The topological polar surface area (TPSA) is 60.5 Å². The van der Waals surface area contributed by atoms with Crippen LogP contribution in [-0.4, -0.2) is 17.9 Å². The predicted octanol–water partition coefficient (Wildman–Crippen LogP) is 5.53. The maximum atomic E-state index is 6.51. The van der Waals surface area contributed by atoms with Crippen molar-refractivity contribution >= 4 is 39.0 Å². The molecule has 140 valence electrons. The molecule has 0 bridgehead atoms. The maximum Gasteiger partial charge on any atom is 0.126 e. The highest BCUT2D eigenvalue weighted by Gasteiger charge is 2.08. The number of hydrogen-bond donors (Lipinski definition) is 1. The summed E-state index contributed by atoms with van der Waals surface area (Å²) in [6, 6.07) is 19.7. The largest absolute Gasteiger partial charge is 0.496 e. The van der Waals surface area contributed by atoms with Crippen LogP contribution in [0.5, 0.6) is 5.75 Å². The first-order valence-electron chi connectivity index (χ1n) is 8.71. The minimum absolute atomic E-state index is 0.414. The number of thiazole rings is 1. The van der Waals surface area contributed by atoms with Gasteiger partial charge >= 0.3 is 0 Å². The minimum Gasteiger partial charge on any atom is -0.496 e. The second-order valence-electron chi connectivity index (χ2n) is 6.24. The van der Waals surface area contributed by atoms with Crippen LogP contribution >= 0.6 is 22.9 Å². The van der Waals surface area contributed by atoms with Crippen molar-refractivity contribution in [1.29, 1.82) is 0 Å². The van der Waals surface area contributed by atoms with E-state index < -0.39 is 0 Å². The lowest BCUT2D eigenvalue weighted by molar-refractivity contribution is 0.416. The monoisotopic (exact) mass is 407 g/mol. The van der Waals surface area contributed by atoms with Gasteiger partial charge in [-0.1, -0.05) is 41.9 Å². The van der Waals surface area contributed by atoms with Gasteiger partial charge in [-0.05, 0) is 41.5 Å². The molecular weight excluding hydrogens is 390 g/mol. The first-order chi connectivity index (χ1) is 13.7. The van der Waals surface area contributed by atoms with Crippen molar-refractivity contribution in [3.63, 3.8) is 0 Å². The summed E-state index contributed by atoms with van der Waals surface area (Å²) < 4.78 is 6.53. The van der Waals surface area contributed by atoms with Crippen molar-refractivity contribution in [2.45, 2.75) is 6.54 Å². The number of para-hydroxylation sites is 1. The molecule has 28 heavy (non-hydrogen) atoms. The SMILES string of the molecule is COc1ccccc1-c1ccc(CN=C(N)c2ccc3ncsc3c2)c(Cl)c1. The molecule has 0 aliphatic heterocycles. The summed E-state index contributed by atoms with van der Waals surface area (Å²) >= 11 is 8.10. The number of rotatable bonds is 5. The molecule has 0 fully saturated rings. The predicted molar refractivity (Wildman–Crippen MR) is 117 cm³/mol. The van der Waals surface area contributed by atoms with Crippen molar-refractivity contribution in [2.75, 3.05) is 7.11 Å². The molecular formula is C22H18ClN3OS. The molecule has 4 rings (SSSR count). The summed E-state index contributed by atoms with van der Waals surface area (Å²) in [5, 5.41) is 0.651. The summed E-state index contributed by atoms with van der Waals surface area (Å²) in [6.07, 6.45) is 0. The Kier molecular flexibility index (Phi) is 5.28. The summed E-state index contributed by atoms with van der Waals surface area (Å²) in [6.45, 7) is 0.414. The Bertz CT molecular complexity index is 1170. The fourth-order valence-electron chi connectivity index (χ4n) is 3.00. The molecule has 4 nitrogen and oxygen atoms in total. The van der Waals surface area contributed by atoms with E-state index in [2.05, 4.69) is 9.98 Å². The molecule has 3 aromatic carbocycles. The summed E-state index contributed by atoms with van der Waals surface area (Å²) in [7, 11) is 1.66. The fourth-order valence-corrected chi connectivity index (χ4v) is 3.96. The standard InChI is InChI=1S/C22H18ClN3OS/c1-27-20-5-3-2-4-17(20)14-6-7-16(18(23)10-14)12-25-22(24)15-8-9-19-21(11-15)28-13-26-19/h2-11,13H,12H2,1H3,(H2,24,25). The van der Waals surface area contributed by atoms with Crippen molar-refractivity contribution in [1.82, 2.24) is 4.98 Å². The number of fused-ring (bicyclic) bond motifs is 1. The molecule has 0 amide bonds. The number of halogens is 1. The molecule has 0 radical (unpaired) electrons. The molecule has 2 N–H and O–H groups in total. The van der Waals surface area contributed by atoms with Crippen LogP contribution in [0.15, 0.2) is 71.2 Å². The second kappa shape index (κ2) is 8.00. The molecule has 1 aromatic heterocycles. The normalized spacial score (nSPS) is 11.7. The molecule has 0 spiro atoms. The molecule has 0 aliphatic rings. The minimum atomic E-state index is 0.414. The number of aromatic nitrogens is 1. The van der Waals surface area contributed by atoms with E-state index in [1.807, 2.05) is 66.2 Å². The summed E-state index contributed by atoms with van der Waals surface area (Å²) in [5.41, 5.74) is 12.8. The molecule has 0 unspecified atom stereocenters. The Morgan fingerprint density at radius 3 is 2.82 bits per heavy atom. The van der Waals surface area contributed by atoms with Gasteiger partial charge in [0.2, 0.25) is 0 Å². The second-order valence-corrected chi connectivity index (χ2v) is 7.54. The first-order valence-corrected chi connectivity index (χ1v) is 9.97. The van der Waals surface area contributed by atoms with Gasteiger partial charge in [0.25, 0.3) is 0 Å². The van der Waals surface area contributed by atoms with Gasteiger partial charge in [-0.15, -0.1) is 11.3 Å². The van der Waals surface area contributed by atoms with E-state index in [0.717, 1.165) is 38.2 Å². The third-order valence-corrected chi connectivity index (χ3v) is 5.66. The highest BCUT2D eigenvalue weighted by Crippen LogP contribution is 2.32. The van der Waals surface area contributed by atoms with E-state index in [0.29, 0.717) is 17.4 Å². The zero-order chi connectivity index (χ0) is 19.5. The van der Waals surface area contributed by atoms with Gasteiger partial charge in [-0.3, -0.25) is 4.99 Å². The van der Waals surface area contributed by atoms with Gasteiger partial charge in [0.05, 0.1) is 29.4 Å². The average molecular weight is 408 g/mol. The molecule has 1 heterocycles. The van der Waals surface area contributed by atoms with Gasteiger partial charge in [-0.25, -0.2) is 4.98 Å². The Balaban J connectivity index is 1.57. The van der Waals surface area contributed by atoms with Crippen LogP contribution in [0.1, 0.15) is 11.1 Å². The highest BCUT2D eigenvalue weighted by atomic mass is 35.5. The third kappa shape index (κ3) is 3.72. The van der Waals surface area contributed by atoms with Crippen LogP contribution in [0.25, 0.3) is 21.3 Å². The van der Waals surface area contributed by atoms with Crippen LogP contribution in [-0.2, 0) is 6.54 Å². The zero-order valence-corrected chi connectivity index (χ0v) is 16.8. The Morgan fingerprint density at radius 1 is 1.14 bits per heavy atom. The van der Waals surface area contributed by atoms with Gasteiger partial charge in [0.1, 0.15) is 11.6 Å². The van der Waals surface area contributed by atoms with E-state index in [-0.39, 0.29) is 0 Å². The van der Waals surface area contributed by atoms with E-state index in [1.54, 1.807) is 18.4 Å². The number of methoxy groups -OCH3 is 1. The van der Waals surface area contributed by atoms with Crippen LogP contribution in [0.2, 0.25) is 5.02 Å². The zero-order valence-electron chi connectivity index (χ0n) is 15.2. The molecule has 6 heteroatoms. The molecule has 4 aromatic rings. The summed E-state index contributed by atoms with van der Waals surface area (Å²) in [4.78, 5) is 8.80. The number of hydrogen-bond acceptors (Lipinski definition) is 4. The Hall–Kier alpha value is -2.89. The number of ether oxygens (including phenoxy) is 1. The first kappa shape index (κ1) is 18.5. The maximum absolute atomic E-state index is 6.51. The van der Waals surface area contributed by atoms with Crippen molar-refractivity contribution in [3.8, 4) is 16.9 Å². The van der Waals surface area contributed by atoms with Crippen molar-refractivity contribution in [2.24, 2.45) is 10.7 Å². The van der Waals surface area contributed by atoms with Gasteiger partial charge in [0.15, 0.2) is 0 Å². The van der Waals surface area contributed by atoms with Gasteiger partial charge in [0, 0.05) is 16.1 Å². The van der Waals surface area contributed by atoms with E-state index in [1.165, 1.54) is 0 Å². The van der Waals surface area contributed by atoms with Crippen LogP contribution in [0.3, 0.4) is 0 Å². The lowest BCUT2D eigenvalue weighted by Crippen LogP contribution is -2.13. The number of amidine groups is 1. The molecule has 0 saturated carbocycles. The van der Waals surface area contributed by atoms with Gasteiger partial charge in [-0.2, -0.15) is 0 Å². The lowest BCUT2D eigenvalue weighted by atomic mass is 10.0. The average Bonchev–Trinajstić information content (AvgIpc) is 3.20. The van der Waals surface area contributed by atoms with Crippen LogP contribution in [0.4, 0.5) is 0 Å². The highest BCUT2D eigenvalue weighted by molar-refractivity contribution is 7.16. The fraction of sp³-hybridized carbons (Fsp3) is 0.0909. The smallest absolute Gasteiger partial charge is 0.126 e. The van der Waals surface area contributed by atoms with Crippen LogP contribution in [0, 0.1) is 0 Å². The molecule has 0 atom stereocenters. The van der Waals surface area contributed by atoms with Crippen molar-refractivity contribution < 1.29 is 4.74 Å². The van der Waals surface area contributed by atoms with Crippen molar-refractivity contribution in [3.05, 3.63) is 82.3 Å². The number of nitrogens with two attached hydrogens (primary N) is 1. The molecule has 0 aliphatic carbocycles. The van der Waals surface area contributed by atoms with E-state index >= 15 is 0 Å². The third-order valence-electron chi connectivity index (χ3n) is 4.52. The number of benzene rings is 3. The number of nitrogens with zero attached hydrogens (tertiary/aromatic N) is 2. The lowest BCUT2D eigenvalue weighted by Gasteiger charge is -2.10.